The van der Waals surface area contributed by atoms with Crippen molar-refractivity contribution in [2.45, 2.75) is 136 Å². The number of rotatable bonds is 26. The van der Waals surface area contributed by atoms with Crippen LogP contribution in [0.1, 0.15) is 136 Å². The first-order valence-corrected chi connectivity index (χ1v) is 16.4. The van der Waals surface area contributed by atoms with E-state index in [2.05, 4.69) is 35.6 Å². The molecule has 1 saturated heterocycles. The van der Waals surface area contributed by atoms with Gasteiger partial charge in [-0.1, -0.05) is 104 Å². The molecule has 0 unspecified atom stereocenters. The Kier molecular flexibility index (Phi) is 23.8. The molecule has 220 valence electrons. The van der Waals surface area contributed by atoms with E-state index in [0.717, 1.165) is 19.3 Å². The van der Waals surface area contributed by atoms with E-state index in [0.29, 0.717) is 13.0 Å². The highest BCUT2D eigenvalue weighted by atomic mass is 16.5. The van der Waals surface area contributed by atoms with E-state index in [1.54, 1.807) is 0 Å². The average Bonchev–Trinajstić information content (AvgIpc) is 2.90. The summed E-state index contributed by atoms with van der Waals surface area (Å²) >= 11 is 0. The lowest BCUT2D eigenvalue weighted by atomic mass is 10.1. The second-order valence-electron chi connectivity index (χ2n) is 11.6. The lowest BCUT2D eigenvalue weighted by Gasteiger charge is -2.34. The molecule has 1 aliphatic rings. The van der Waals surface area contributed by atoms with Crippen LogP contribution in [0, 0.1) is 0 Å². The number of carbonyl (C=O) groups excluding carboxylic acids is 1. The van der Waals surface area contributed by atoms with Gasteiger partial charge in [0, 0.05) is 45.7 Å². The van der Waals surface area contributed by atoms with Crippen molar-refractivity contribution in [2.24, 2.45) is 0 Å². The third-order valence-electron chi connectivity index (χ3n) is 8.02. The number of nitrogens with zero attached hydrogens (tertiary/aromatic N) is 3. The van der Waals surface area contributed by atoms with Crippen LogP contribution in [0.5, 0.6) is 0 Å². The van der Waals surface area contributed by atoms with E-state index >= 15 is 0 Å². The number of esters is 1. The SMILES string of the molecule is CCCCCCCCCOC(=O)CCCCCCCN(CCCCCCCC)CCN1CCN(C)CC1. The fourth-order valence-electron chi connectivity index (χ4n) is 5.26. The predicted molar refractivity (Wildman–Crippen MR) is 160 cm³/mol. The van der Waals surface area contributed by atoms with Gasteiger partial charge in [0.05, 0.1) is 6.61 Å². The van der Waals surface area contributed by atoms with Gasteiger partial charge >= 0.3 is 5.97 Å². The highest BCUT2D eigenvalue weighted by molar-refractivity contribution is 5.69. The van der Waals surface area contributed by atoms with Gasteiger partial charge in [0.2, 0.25) is 0 Å². The van der Waals surface area contributed by atoms with Gasteiger partial charge < -0.3 is 14.5 Å². The summed E-state index contributed by atoms with van der Waals surface area (Å²) in [5.41, 5.74) is 0. The molecule has 0 aromatic rings. The fraction of sp³-hybridized carbons (Fsp3) is 0.969. The van der Waals surface area contributed by atoms with Gasteiger partial charge in [-0.05, 0) is 45.8 Å². The van der Waals surface area contributed by atoms with Crippen LogP contribution in [0.25, 0.3) is 0 Å². The minimum Gasteiger partial charge on any atom is -0.466 e. The van der Waals surface area contributed by atoms with Gasteiger partial charge in [0.15, 0.2) is 0 Å². The minimum atomic E-state index is 0.0139. The smallest absolute Gasteiger partial charge is 0.305 e. The summed E-state index contributed by atoms with van der Waals surface area (Å²) in [6.45, 7) is 15.0. The molecule has 0 N–H and O–H groups in total. The van der Waals surface area contributed by atoms with E-state index in [9.17, 15) is 4.79 Å². The molecule has 1 aliphatic heterocycles. The van der Waals surface area contributed by atoms with Crippen molar-refractivity contribution in [2.75, 3.05) is 66.0 Å². The van der Waals surface area contributed by atoms with Crippen LogP contribution in [-0.2, 0) is 9.53 Å². The molecule has 5 nitrogen and oxygen atoms in total. The van der Waals surface area contributed by atoms with Crippen LogP contribution < -0.4 is 0 Å². The normalized spacial score (nSPS) is 15.0. The summed E-state index contributed by atoms with van der Waals surface area (Å²) in [5, 5.41) is 0. The second-order valence-corrected chi connectivity index (χ2v) is 11.6. The zero-order valence-electron chi connectivity index (χ0n) is 25.5. The third-order valence-corrected chi connectivity index (χ3v) is 8.02. The zero-order valence-corrected chi connectivity index (χ0v) is 25.5. The molecular formula is C32H65N3O2. The molecule has 1 rings (SSSR count). The molecule has 0 amide bonds. The van der Waals surface area contributed by atoms with E-state index < -0.39 is 0 Å². The first-order valence-electron chi connectivity index (χ1n) is 16.4. The van der Waals surface area contributed by atoms with Crippen LogP contribution in [0.4, 0.5) is 0 Å². The number of ether oxygens (including phenoxy) is 1. The number of hydrogen-bond donors (Lipinski definition) is 0. The van der Waals surface area contributed by atoms with Crippen LogP contribution in [0.15, 0.2) is 0 Å². The highest BCUT2D eigenvalue weighted by Crippen LogP contribution is 2.11. The topological polar surface area (TPSA) is 36.0 Å². The van der Waals surface area contributed by atoms with E-state index in [1.807, 2.05) is 0 Å². The van der Waals surface area contributed by atoms with E-state index in [4.69, 9.17) is 4.74 Å². The molecule has 0 bridgehead atoms. The second kappa shape index (κ2) is 25.6. The van der Waals surface area contributed by atoms with Crippen LogP contribution in [-0.4, -0.2) is 86.7 Å². The van der Waals surface area contributed by atoms with E-state index in [-0.39, 0.29) is 5.97 Å². The third kappa shape index (κ3) is 21.9. The van der Waals surface area contributed by atoms with Gasteiger partial charge in [-0.2, -0.15) is 0 Å². The maximum Gasteiger partial charge on any atom is 0.305 e. The maximum absolute atomic E-state index is 12.0. The molecular weight excluding hydrogens is 458 g/mol. The van der Waals surface area contributed by atoms with Crippen molar-refractivity contribution in [1.82, 2.24) is 14.7 Å². The molecule has 0 aromatic carbocycles. The fourth-order valence-corrected chi connectivity index (χ4v) is 5.26. The Morgan fingerprint density at radius 3 is 1.68 bits per heavy atom. The van der Waals surface area contributed by atoms with E-state index in [1.165, 1.54) is 149 Å². The molecule has 0 aliphatic carbocycles. The van der Waals surface area contributed by atoms with Crippen LogP contribution >= 0.6 is 0 Å². The molecule has 37 heavy (non-hydrogen) atoms. The Morgan fingerprint density at radius 1 is 0.622 bits per heavy atom. The monoisotopic (exact) mass is 524 g/mol. The summed E-state index contributed by atoms with van der Waals surface area (Å²) in [4.78, 5) is 19.8. The Balaban J connectivity index is 2.06. The molecule has 0 spiro atoms. The molecule has 0 saturated carbocycles. The molecule has 0 radical (unpaired) electrons. The van der Waals surface area contributed by atoms with Gasteiger partial charge in [0.25, 0.3) is 0 Å². The number of likely N-dealkylation sites (N-methyl/N-ethyl adjacent to an activating group) is 1. The van der Waals surface area contributed by atoms with Crippen molar-refractivity contribution in [1.29, 1.82) is 0 Å². The van der Waals surface area contributed by atoms with Crippen LogP contribution in [0.3, 0.4) is 0 Å². The summed E-state index contributed by atoms with van der Waals surface area (Å²) < 4.78 is 5.43. The number of carbonyl (C=O) groups is 1. The van der Waals surface area contributed by atoms with Crippen molar-refractivity contribution < 1.29 is 9.53 Å². The standard InChI is InChI=1S/C32H65N3O2/c1-4-6-8-10-12-17-21-31-37-32(36)22-18-14-13-16-20-24-34(23-19-15-11-9-7-5-2)29-30-35-27-25-33(3)26-28-35/h4-31H2,1-3H3. The largest absolute Gasteiger partial charge is 0.466 e. The summed E-state index contributed by atoms with van der Waals surface area (Å²) in [7, 11) is 2.24. The summed E-state index contributed by atoms with van der Waals surface area (Å²) in [6.07, 6.45) is 23.7. The van der Waals surface area contributed by atoms with Crippen LogP contribution in [0.2, 0.25) is 0 Å². The van der Waals surface area contributed by atoms with Gasteiger partial charge in [-0.25, -0.2) is 0 Å². The van der Waals surface area contributed by atoms with Gasteiger partial charge in [0.1, 0.15) is 0 Å². The zero-order chi connectivity index (χ0) is 26.8. The average molecular weight is 524 g/mol. The number of piperazine rings is 1. The highest BCUT2D eigenvalue weighted by Gasteiger charge is 2.14. The molecule has 1 heterocycles. The Morgan fingerprint density at radius 2 is 1.11 bits per heavy atom. The molecule has 5 heteroatoms. The quantitative estimate of drug-likeness (QED) is 0.0865. The van der Waals surface area contributed by atoms with Gasteiger partial charge in [-0.15, -0.1) is 0 Å². The number of unbranched alkanes of at least 4 members (excludes halogenated alkanes) is 15. The van der Waals surface area contributed by atoms with Crippen molar-refractivity contribution in [3.8, 4) is 0 Å². The minimum absolute atomic E-state index is 0.0139. The summed E-state index contributed by atoms with van der Waals surface area (Å²) in [6, 6.07) is 0. The predicted octanol–water partition coefficient (Wildman–Crippen LogP) is 7.53. The number of hydrogen-bond acceptors (Lipinski definition) is 5. The molecule has 0 aromatic heterocycles. The first kappa shape index (κ1) is 34.4. The lowest BCUT2D eigenvalue weighted by molar-refractivity contribution is -0.143. The molecule has 1 fully saturated rings. The Hall–Kier alpha value is -0.650. The Bertz CT molecular complexity index is 494. The Labute approximate surface area is 232 Å². The first-order chi connectivity index (χ1) is 18.2. The van der Waals surface area contributed by atoms with Crippen molar-refractivity contribution >= 4 is 5.97 Å². The maximum atomic E-state index is 12.0. The van der Waals surface area contributed by atoms with Crippen molar-refractivity contribution in [3.63, 3.8) is 0 Å². The summed E-state index contributed by atoms with van der Waals surface area (Å²) in [5.74, 6) is 0.0139. The molecule has 0 atom stereocenters. The lowest BCUT2D eigenvalue weighted by Crippen LogP contribution is -2.47. The van der Waals surface area contributed by atoms with Crippen molar-refractivity contribution in [3.05, 3.63) is 0 Å². The van der Waals surface area contributed by atoms with Gasteiger partial charge in [-0.3, -0.25) is 9.69 Å².